The van der Waals surface area contributed by atoms with E-state index in [0.29, 0.717) is 17.9 Å². The average molecular weight is 393 g/mol. The van der Waals surface area contributed by atoms with Crippen LogP contribution >= 0.6 is 0 Å². The molecule has 0 unspecified atom stereocenters. The number of halogens is 3. The van der Waals surface area contributed by atoms with Crippen molar-refractivity contribution in [2.75, 3.05) is 4.72 Å². The minimum Gasteiger partial charge on any atom is -0.489 e. The van der Waals surface area contributed by atoms with E-state index < -0.39 is 32.4 Å². The standard InChI is InChI=1S/C19H14F3NO3S/c20-16-9-10-17(19(22)18(16)21)27(24,25)23-14-7-4-8-15(11-14)26-12-13-5-2-1-3-6-13/h1-11,23H,12H2. The van der Waals surface area contributed by atoms with Gasteiger partial charge in [0.1, 0.15) is 17.3 Å². The van der Waals surface area contributed by atoms with Gasteiger partial charge in [0.2, 0.25) is 0 Å². The topological polar surface area (TPSA) is 55.4 Å². The molecule has 0 saturated carbocycles. The van der Waals surface area contributed by atoms with Crippen molar-refractivity contribution in [1.29, 1.82) is 0 Å². The Morgan fingerprint density at radius 3 is 2.33 bits per heavy atom. The van der Waals surface area contributed by atoms with Crippen molar-refractivity contribution in [3.63, 3.8) is 0 Å². The van der Waals surface area contributed by atoms with Crippen LogP contribution in [0.5, 0.6) is 5.75 Å². The van der Waals surface area contributed by atoms with Gasteiger partial charge in [-0.05, 0) is 29.8 Å². The molecule has 3 rings (SSSR count). The smallest absolute Gasteiger partial charge is 0.264 e. The van der Waals surface area contributed by atoms with Crippen molar-refractivity contribution in [1.82, 2.24) is 0 Å². The number of hydrogen-bond donors (Lipinski definition) is 1. The van der Waals surface area contributed by atoms with Gasteiger partial charge in [-0.15, -0.1) is 0 Å². The first kappa shape index (κ1) is 18.8. The second-order valence-electron chi connectivity index (χ2n) is 5.58. The number of benzene rings is 3. The van der Waals surface area contributed by atoms with E-state index in [4.69, 9.17) is 4.74 Å². The van der Waals surface area contributed by atoms with E-state index in [1.54, 1.807) is 12.1 Å². The molecule has 0 bridgehead atoms. The third-order valence-electron chi connectivity index (χ3n) is 3.62. The van der Waals surface area contributed by atoms with E-state index in [2.05, 4.69) is 4.72 Å². The lowest BCUT2D eigenvalue weighted by Gasteiger charge is -2.11. The van der Waals surface area contributed by atoms with Gasteiger partial charge in [-0.25, -0.2) is 21.6 Å². The fourth-order valence-electron chi connectivity index (χ4n) is 2.32. The molecule has 0 spiro atoms. The molecule has 8 heteroatoms. The predicted octanol–water partition coefficient (Wildman–Crippen LogP) is 4.48. The third kappa shape index (κ3) is 4.40. The molecule has 0 radical (unpaired) electrons. The first-order chi connectivity index (χ1) is 12.9. The van der Waals surface area contributed by atoms with Gasteiger partial charge in [0.05, 0.1) is 5.69 Å². The highest BCUT2D eigenvalue weighted by atomic mass is 32.2. The summed E-state index contributed by atoms with van der Waals surface area (Å²) in [6.07, 6.45) is 0. The van der Waals surface area contributed by atoms with E-state index in [1.807, 2.05) is 30.3 Å². The molecular weight excluding hydrogens is 379 g/mol. The maximum absolute atomic E-state index is 13.8. The summed E-state index contributed by atoms with van der Waals surface area (Å²) in [6.45, 7) is 0.273. The van der Waals surface area contributed by atoms with Crippen molar-refractivity contribution >= 4 is 15.7 Å². The Morgan fingerprint density at radius 2 is 1.59 bits per heavy atom. The van der Waals surface area contributed by atoms with E-state index in [9.17, 15) is 21.6 Å². The number of hydrogen-bond acceptors (Lipinski definition) is 3. The number of nitrogens with one attached hydrogen (secondary N) is 1. The largest absolute Gasteiger partial charge is 0.489 e. The van der Waals surface area contributed by atoms with Crippen molar-refractivity contribution in [3.05, 3.63) is 89.7 Å². The quantitative estimate of drug-likeness (QED) is 0.628. The zero-order chi connectivity index (χ0) is 19.4. The highest BCUT2D eigenvalue weighted by Crippen LogP contribution is 2.24. The van der Waals surface area contributed by atoms with Crippen molar-refractivity contribution in [2.24, 2.45) is 0 Å². The average Bonchev–Trinajstić information content (AvgIpc) is 2.65. The molecule has 0 atom stereocenters. The summed E-state index contributed by atoms with van der Waals surface area (Å²) in [7, 11) is -4.45. The van der Waals surface area contributed by atoms with E-state index in [-0.39, 0.29) is 12.3 Å². The Labute approximate surface area is 154 Å². The van der Waals surface area contributed by atoms with Gasteiger partial charge in [0.25, 0.3) is 10.0 Å². The molecule has 0 saturated heterocycles. The molecule has 0 aliphatic heterocycles. The summed E-state index contributed by atoms with van der Waals surface area (Å²) in [5, 5.41) is 0. The van der Waals surface area contributed by atoms with Crippen molar-refractivity contribution in [2.45, 2.75) is 11.5 Å². The summed E-state index contributed by atoms with van der Waals surface area (Å²) in [5.74, 6) is -4.72. The van der Waals surface area contributed by atoms with Gasteiger partial charge in [-0.1, -0.05) is 36.4 Å². The minimum absolute atomic E-state index is 0.0877. The second kappa shape index (κ2) is 7.71. The van der Waals surface area contributed by atoms with Crippen LogP contribution < -0.4 is 9.46 Å². The number of rotatable bonds is 6. The summed E-state index contributed by atoms with van der Waals surface area (Å²) < 4.78 is 72.4. The van der Waals surface area contributed by atoms with Crippen LogP contribution in [0.2, 0.25) is 0 Å². The lowest BCUT2D eigenvalue weighted by atomic mass is 10.2. The monoisotopic (exact) mass is 393 g/mol. The SMILES string of the molecule is O=S(=O)(Nc1cccc(OCc2ccccc2)c1)c1ccc(F)c(F)c1F. The fraction of sp³-hybridized carbons (Fsp3) is 0.0526. The first-order valence-corrected chi connectivity index (χ1v) is 9.28. The first-order valence-electron chi connectivity index (χ1n) is 7.80. The fourth-order valence-corrected chi connectivity index (χ4v) is 3.44. The van der Waals surface area contributed by atoms with Crippen LogP contribution in [0.3, 0.4) is 0 Å². The molecular formula is C19H14F3NO3S. The number of anilines is 1. The lowest BCUT2D eigenvalue weighted by molar-refractivity contribution is 0.306. The highest BCUT2D eigenvalue weighted by molar-refractivity contribution is 7.92. The van der Waals surface area contributed by atoms with Crippen LogP contribution in [0.1, 0.15) is 5.56 Å². The Kier molecular flexibility index (Phi) is 5.36. The van der Waals surface area contributed by atoms with Gasteiger partial charge >= 0.3 is 0 Å². The summed E-state index contributed by atoms with van der Waals surface area (Å²) >= 11 is 0. The van der Waals surface area contributed by atoms with Crippen molar-refractivity contribution in [3.8, 4) is 5.75 Å². The van der Waals surface area contributed by atoms with Crippen molar-refractivity contribution < 1.29 is 26.3 Å². The van der Waals surface area contributed by atoms with E-state index in [0.717, 1.165) is 5.56 Å². The Hall–Kier alpha value is -3.00. The van der Waals surface area contributed by atoms with Crippen LogP contribution in [0.4, 0.5) is 18.9 Å². The van der Waals surface area contributed by atoms with Crippen LogP contribution in [0.15, 0.2) is 71.6 Å². The normalized spacial score (nSPS) is 11.2. The van der Waals surface area contributed by atoms with Gasteiger partial charge in [-0.2, -0.15) is 0 Å². The number of sulfonamides is 1. The van der Waals surface area contributed by atoms with E-state index in [1.165, 1.54) is 12.1 Å². The van der Waals surface area contributed by atoms with Gasteiger partial charge in [-0.3, -0.25) is 4.72 Å². The molecule has 140 valence electrons. The molecule has 0 aliphatic carbocycles. The molecule has 0 amide bonds. The van der Waals surface area contributed by atoms with Gasteiger partial charge < -0.3 is 4.74 Å². The number of ether oxygens (including phenoxy) is 1. The van der Waals surface area contributed by atoms with Crippen LogP contribution in [0, 0.1) is 17.5 Å². The molecule has 0 fully saturated rings. The van der Waals surface area contributed by atoms with Crippen LogP contribution in [0.25, 0.3) is 0 Å². The van der Waals surface area contributed by atoms with Gasteiger partial charge in [0.15, 0.2) is 17.5 Å². The van der Waals surface area contributed by atoms with Gasteiger partial charge in [0, 0.05) is 6.07 Å². The highest BCUT2D eigenvalue weighted by Gasteiger charge is 2.24. The predicted molar refractivity (Wildman–Crippen MR) is 94.3 cm³/mol. The lowest BCUT2D eigenvalue weighted by Crippen LogP contribution is -2.15. The molecule has 4 nitrogen and oxygen atoms in total. The zero-order valence-corrected chi connectivity index (χ0v) is 14.6. The third-order valence-corrected chi connectivity index (χ3v) is 5.02. The van der Waals surface area contributed by atoms with Crippen LogP contribution in [-0.4, -0.2) is 8.42 Å². The maximum Gasteiger partial charge on any atom is 0.264 e. The molecule has 0 heterocycles. The summed E-state index contributed by atoms with van der Waals surface area (Å²) in [4.78, 5) is -0.989. The molecule has 27 heavy (non-hydrogen) atoms. The maximum atomic E-state index is 13.8. The zero-order valence-electron chi connectivity index (χ0n) is 13.8. The minimum atomic E-state index is -4.45. The molecule has 3 aromatic carbocycles. The van der Waals surface area contributed by atoms with E-state index >= 15 is 0 Å². The summed E-state index contributed by atoms with van der Waals surface area (Å²) in [5.41, 5.74) is 1.01. The Morgan fingerprint density at radius 1 is 0.852 bits per heavy atom. The molecule has 0 aromatic heterocycles. The Balaban J connectivity index is 1.78. The molecule has 3 aromatic rings. The Bertz CT molecular complexity index is 1060. The molecule has 0 aliphatic rings. The summed E-state index contributed by atoms with van der Waals surface area (Å²) in [6, 6.07) is 16.5. The second-order valence-corrected chi connectivity index (χ2v) is 7.23. The van der Waals surface area contributed by atoms with Crippen LogP contribution in [-0.2, 0) is 16.6 Å². The molecule has 1 N–H and O–H groups in total.